The molecular weight excluding hydrogens is 450 g/mol. The maximum absolute atomic E-state index is 13.1. The number of aromatic nitrogens is 1. The number of rotatable bonds is 5. The average molecular weight is 486 g/mol. The molecule has 2 saturated heterocycles. The van der Waals surface area contributed by atoms with Gasteiger partial charge in [-0.25, -0.2) is 0 Å². The molecule has 1 atom stereocenters. The number of benzene rings is 1. The van der Waals surface area contributed by atoms with E-state index in [0.29, 0.717) is 17.8 Å². The Morgan fingerprint density at radius 1 is 1.03 bits per heavy atom. The Balaban J connectivity index is 0.970. The summed E-state index contributed by atoms with van der Waals surface area (Å²) in [6.07, 6.45) is 9.45. The lowest BCUT2D eigenvalue weighted by molar-refractivity contribution is -0.117. The Bertz CT molecular complexity index is 1170. The summed E-state index contributed by atoms with van der Waals surface area (Å²) >= 11 is 0. The Kier molecular flexibility index (Phi) is 6.04. The van der Waals surface area contributed by atoms with Crippen molar-refractivity contribution in [3.05, 3.63) is 65.0 Å². The number of hydrogen-bond acceptors (Lipinski definition) is 5. The van der Waals surface area contributed by atoms with Crippen molar-refractivity contribution in [1.29, 1.82) is 0 Å². The highest BCUT2D eigenvalue weighted by Gasteiger charge is 2.54. The van der Waals surface area contributed by atoms with Crippen LogP contribution in [0, 0.1) is 11.3 Å². The molecule has 4 aliphatic rings. The van der Waals surface area contributed by atoms with Gasteiger partial charge in [-0.05, 0) is 85.2 Å². The number of carbonyl (C=O) groups excluding carboxylic acids is 2. The van der Waals surface area contributed by atoms with Crippen molar-refractivity contribution in [3.8, 4) is 0 Å². The van der Waals surface area contributed by atoms with Crippen LogP contribution in [-0.2, 0) is 11.2 Å². The number of carbonyl (C=O) groups is 2. The fraction of sp³-hybridized carbons (Fsp3) is 0.483. The molecule has 1 saturated carbocycles. The molecule has 6 rings (SSSR count). The average Bonchev–Trinajstić information content (AvgIpc) is 3.38. The van der Waals surface area contributed by atoms with Crippen LogP contribution in [0.25, 0.3) is 6.08 Å². The number of amides is 2. The highest BCUT2D eigenvalue weighted by atomic mass is 16.2. The van der Waals surface area contributed by atoms with Gasteiger partial charge in [-0.15, -0.1) is 0 Å². The minimum atomic E-state index is 0.0425. The molecule has 3 heterocycles. The quantitative estimate of drug-likeness (QED) is 0.706. The topological polar surface area (TPSA) is 68.8 Å². The SMILES string of the molecule is CN1CCN(c2ccc(C(=O)N3CCC4(CC3)CC4CNC(=O)C3=Cc4cnccc4C3)cc2)CC1. The first-order valence-electron chi connectivity index (χ1n) is 13.3. The van der Waals surface area contributed by atoms with E-state index in [1.807, 2.05) is 35.4 Å². The highest BCUT2D eigenvalue weighted by Crippen LogP contribution is 2.59. The summed E-state index contributed by atoms with van der Waals surface area (Å²) in [5, 5.41) is 3.17. The van der Waals surface area contributed by atoms with Crippen LogP contribution in [0.1, 0.15) is 40.7 Å². The van der Waals surface area contributed by atoms with Crippen molar-refractivity contribution in [1.82, 2.24) is 20.1 Å². The molecule has 2 aliphatic carbocycles. The van der Waals surface area contributed by atoms with Gasteiger partial charge < -0.3 is 20.0 Å². The number of anilines is 1. The molecule has 2 aromatic rings. The van der Waals surface area contributed by atoms with E-state index in [2.05, 4.69) is 39.3 Å². The summed E-state index contributed by atoms with van der Waals surface area (Å²) < 4.78 is 0. The number of piperidine rings is 1. The van der Waals surface area contributed by atoms with Gasteiger partial charge in [-0.2, -0.15) is 0 Å². The fourth-order valence-electron chi connectivity index (χ4n) is 6.20. The molecule has 7 heteroatoms. The van der Waals surface area contributed by atoms with Crippen molar-refractivity contribution >= 4 is 23.6 Å². The molecule has 1 spiro atoms. The van der Waals surface area contributed by atoms with Crippen LogP contribution in [0.15, 0.2) is 48.3 Å². The summed E-state index contributed by atoms with van der Waals surface area (Å²) in [5.74, 6) is 0.705. The summed E-state index contributed by atoms with van der Waals surface area (Å²) in [7, 11) is 2.16. The lowest BCUT2D eigenvalue weighted by Crippen LogP contribution is -2.44. The number of likely N-dealkylation sites (tertiary alicyclic amines) is 1. The summed E-state index contributed by atoms with van der Waals surface area (Å²) in [4.78, 5) is 36.7. The predicted octanol–water partition coefficient (Wildman–Crippen LogP) is 2.83. The lowest BCUT2D eigenvalue weighted by Gasteiger charge is -2.34. The van der Waals surface area contributed by atoms with Crippen LogP contribution in [0.2, 0.25) is 0 Å². The molecule has 0 radical (unpaired) electrons. The van der Waals surface area contributed by atoms with E-state index in [0.717, 1.165) is 81.8 Å². The predicted molar refractivity (Wildman–Crippen MR) is 141 cm³/mol. The molecule has 1 unspecified atom stereocenters. The van der Waals surface area contributed by atoms with Crippen molar-refractivity contribution in [3.63, 3.8) is 0 Å². The standard InChI is InChI=1S/C29H35N5O2/c1-32-12-14-33(15-13-32)26-4-2-21(3-5-26)28(36)34-10-7-29(8-11-34)18-25(29)20-31-27(35)23-16-22-6-9-30-19-24(22)17-23/h2-6,9,17,19,25H,7-8,10-16,18,20H2,1H3,(H,31,35). The van der Waals surface area contributed by atoms with Gasteiger partial charge >= 0.3 is 0 Å². The fourth-order valence-corrected chi connectivity index (χ4v) is 6.20. The Morgan fingerprint density at radius 3 is 2.50 bits per heavy atom. The van der Waals surface area contributed by atoms with Crippen LogP contribution in [0.5, 0.6) is 0 Å². The van der Waals surface area contributed by atoms with Crippen LogP contribution >= 0.6 is 0 Å². The number of fused-ring (bicyclic) bond motifs is 1. The van der Waals surface area contributed by atoms with Crippen LogP contribution in [-0.4, -0.2) is 79.5 Å². The van der Waals surface area contributed by atoms with E-state index >= 15 is 0 Å². The van der Waals surface area contributed by atoms with E-state index in [9.17, 15) is 9.59 Å². The third kappa shape index (κ3) is 4.52. The van der Waals surface area contributed by atoms with E-state index < -0.39 is 0 Å². The summed E-state index contributed by atoms with van der Waals surface area (Å²) in [6, 6.07) is 10.2. The summed E-state index contributed by atoms with van der Waals surface area (Å²) in [5.41, 5.74) is 5.33. The Morgan fingerprint density at radius 2 is 1.78 bits per heavy atom. The first kappa shape index (κ1) is 23.2. The maximum atomic E-state index is 13.1. The van der Waals surface area contributed by atoms with Crippen LogP contribution in [0.3, 0.4) is 0 Å². The van der Waals surface area contributed by atoms with Gasteiger partial charge in [0, 0.05) is 81.5 Å². The first-order valence-corrected chi connectivity index (χ1v) is 13.3. The zero-order valence-electron chi connectivity index (χ0n) is 21.1. The van der Waals surface area contributed by atoms with Crippen molar-refractivity contribution < 1.29 is 9.59 Å². The molecular formula is C29H35N5O2. The normalized spacial score (nSPS) is 22.8. The number of hydrogen-bond donors (Lipinski definition) is 1. The molecule has 3 fully saturated rings. The number of nitrogens with zero attached hydrogens (tertiary/aromatic N) is 4. The van der Waals surface area contributed by atoms with E-state index in [1.165, 1.54) is 11.3 Å². The highest BCUT2D eigenvalue weighted by molar-refractivity contribution is 6.00. The van der Waals surface area contributed by atoms with Gasteiger partial charge in [0.1, 0.15) is 0 Å². The zero-order valence-corrected chi connectivity index (χ0v) is 21.1. The Hall–Kier alpha value is -3.19. The summed E-state index contributed by atoms with van der Waals surface area (Å²) in [6.45, 7) is 6.54. The largest absolute Gasteiger partial charge is 0.369 e. The van der Waals surface area contributed by atoms with E-state index in [-0.39, 0.29) is 11.8 Å². The number of likely N-dealkylation sites (N-methyl/N-ethyl adjacent to an activating group) is 1. The number of nitrogens with one attached hydrogen (secondary N) is 1. The van der Waals surface area contributed by atoms with Crippen molar-refractivity contribution in [2.45, 2.75) is 25.7 Å². The second-order valence-electron chi connectivity index (χ2n) is 11.0. The molecule has 36 heavy (non-hydrogen) atoms. The van der Waals surface area contributed by atoms with Gasteiger partial charge in [-0.3, -0.25) is 14.6 Å². The van der Waals surface area contributed by atoms with Gasteiger partial charge in [0.05, 0.1) is 0 Å². The monoisotopic (exact) mass is 485 g/mol. The van der Waals surface area contributed by atoms with Crippen LogP contribution in [0.4, 0.5) is 5.69 Å². The number of piperazine rings is 1. The molecule has 1 N–H and O–H groups in total. The second kappa shape index (κ2) is 9.36. The minimum absolute atomic E-state index is 0.0425. The third-order valence-electron chi connectivity index (χ3n) is 8.85. The molecule has 188 valence electrons. The van der Waals surface area contributed by atoms with Crippen LogP contribution < -0.4 is 10.2 Å². The maximum Gasteiger partial charge on any atom is 0.253 e. The second-order valence-corrected chi connectivity index (χ2v) is 11.0. The lowest BCUT2D eigenvalue weighted by atomic mass is 9.90. The number of pyridine rings is 1. The van der Waals surface area contributed by atoms with Gasteiger partial charge in [0.15, 0.2) is 0 Å². The molecule has 2 amide bonds. The van der Waals surface area contributed by atoms with Crippen molar-refractivity contribution in [2.75, 3.05) is 57.8 Å². The zero-order chi connectivity index (χ0) is 24.7. The smallest absolute Gasteiger partial charge is 0.253 e. The molecule has 1 aromatic carbocycles. The van der Waals surface area contributed by atoms with Gasteiger partial charge in [0.2, 0.25) is 5.91 Å². The molecule has 2 aliphatic heterocycles. The Labute approximate surface area is 213 Å². The molecule has 1 aromatic heterocycles. The molecule has 0 bridgehead atoms. The van der Waals surface area contributed by atoms with E-state index in [4.69, 9.17) is 0 Å². The third-order valence-corrected chi connectivity index (χ3v) is 8.85. The van der Waals surface area contributed by atoms with Gasteiger partial charge in [-0.1, -0.05) is 0 Å². The first-order chi connectivity index (χ1) is 17.5. The van der Waals surface area contributed by atoms with Crippen molar-refractivity contribution in [2.24, 2.45) is 11.3 Å². The minimum Gasteiger partial charge on any atom is -0.369 e. The van der Waals surface area contributed by atoms with E-state index in [1.54, 1.807) is 6.20 Å². The van der Waals surface area contributed by atoms with Gasteiger partial charge in [0.25, 0.3) is 5.91 Å². The molecule has 7 nitrogen and oxygen atoms in total.